The molecular weight excluding hydrogens is 295 g/mol. The van der Waals surface area contributed by atoms with Crippen molar-refractivity contribution in [3.05, 3.63) is 34.3 Å². The molecule has 1 saturated heterocycles. The van der Waals surface area contributed by atoms with Gasteiger partial charge in [0.2, 0.25) is 0 Å². The van der Waals surface area contributed by atoms with Crippen LogP contribution in [0.15, 0.2) is 24.3 Å². The van der Waals surface area contributed by atoms with Crippen molar-refractivity contribution in [1.29, 1.82) is 0 Å². The second-order valence-electron chi connectivity index (χ2n) is 5.09. The Hall–Kier alpha value is -1.23. The highest BCUT2D eigenvalue weighted by molar-refractivity contribution is 6.42. The van der Waals surface area contributed by atoms with Gasteiger partial charge in [-0.25, -0.2) is 0 Å². The van der Waals surface area contributed by atoms with Gasteiger partial charge >= 0.3 is 0 Å². The summed E-state index contributed by atoms with van der Waals surface area (Å²) in [5.41, 5.74) is 7.84. The molecule has 2 heterocycles. The second kappa shape index (κ2) is 5.64. The van der Waals surface area contributed by atoms with Crippen molar-refractivity contribution in [2.24, 2.45) is 5.73 Å². The van der Waals surface area contributed by atoms with E-state index in [4.69, 9.17) is 28.9 Å². The SMILES string of the molecule is NC1CCN(c2cc(-c3ccc(Cl)c(Cl)c3)[nH]n2)CC1. The molecule has 4 nitrogen and oxygen atoms in total. The van der Waals surface area contributed by atoms with Crippen LogP contribution < -0.4 is 10.6 Å². The summed E-state index contributed by atoms with van der Waals surface area (Å²) in [6, 6.07) is 7.92. The lowest BCUT2D eigenvalue weighted by Gasteiger charge is -2.29. The molecule has 2 aromatic rings. The van der Waals surface area contributed by atoms with Crippen molar-refractivity contribution in [2.75, 3.05) is 18.0 Å². The maximum Gasteiger partial charge on any atom is 0.150 e. The molecule has 3 N–H and O–H groups in total. The van der Waals surface area contributed by atoms with E-state index < -0.39 is 0 Å². The summed E-state index contributed by atoms with van der Waals surface area (Å²) in [5, 5.41) is 8.53. The molecule has 0 bridgehead atoms. The molecule has 1 fully saturated rings. The minimum Gasteiger partial charge on any atom is -0.355 e. The lowest BCUT2D eigenvalue weighted by Crippen LogP contribution is -2.39. The van der Waals surface area contributed by atoms with E-state index in [1.165, 1.54) is 0 Å². The monoisotopic (exact) mass is 310 g/mol. The van der Waals surface area contributed by atoms with Gasteiger partial charge in [-0.1, -0.05) is 29.3 Å². The Morgan fingerprint density at radius 1 is 1.15 bits per heavy atom. The fraction of sp³-hybridized carbons (Fsp3) is 0.357. The van der Waals surface area contributed by atoms with Gasteiger partial charge in [0.05, 0.1) is 15.7 Å². The number of nitrogens with zero attached hydrogens (tertiary/aromatic N) is 2. The normalized spacial score (nSPS) is 16.6. The lowest BCUT2D eigenvalue weighted by molar-refractivity contribution is 0.498. The predicted molar refractivity (Wildman–Crippen MR) is 83.5 cm³/mol. The summed E-state index contributed by atoms with van der Waals surface area (Å²) in [6.07, 6.45) is 2.02. The number of aromatic amines is 1. The number of hydrogen-bond acceptors (Lipinski definition) is 3. The van der Waals surface area contributed by atoms with Crippen LogP contribution in [0, 0.1) is 0 Å². The number of halogens is 2. The first-order chi connectivity index (χ1) is 9.63. The molecule has 20 heavy (non-hydrogen) atoms. The van der Waals surface area contributed by atoms with Crippen LogP contribution in [0.4, 0.5) is 5.82 Å². The number of benzene rings is 1. The zero-order valence-corrected chi connectivity index (χ0v) is 12.5. The van der Waals surface area contributed by atoms with E-state index in [1.807, 2.05) is 18.2 Å². The average Bonchev–Trinajstić information content (AvgIpc) is 2.92. The Bertz CT molecular complexity index is 603. The van der Waals surface area contributed by atoms with E-state index in [9.17, 15) is 0 Å². The first-order valence-electron chi connectivity index (χ1n) is 6.65. The zero-order valence-electron chi connectivity index (χ0n) is 10.9. The van der Waals surface area contributed by atoms with Crippen molar-refractivity contribution >= 4 is 29.0 Å². The number of nitrogens with two attached hydrogens (primary N) is 1. The average molecular weight is 311 g/mol. The third-order valence-electron chi connectivity index (χ3n) is 3.66. The number of piperidine rings is 1. The second-order valence-corrected chi connectivity index (χ2v) is 5.91. The maximum absolute atomic E-state index is 6.04. The number of hydrogen-bond donors (Lipinski definition) is 2. The summed E-state index contributed by atoms with van der Waals surface area (Å²) >= 11 is 12.0. The van der Waals surface area contributed by atoms with E-state index in [-0.39, 0.29) is 0 Å². The van der Waals surface area contributed by atoms with Gasteiger partial charge in [-0.3, -0.25) is 5.10 Å². The molecule has 6 heteroatoms. The van der Waals surface area contributed by atoms with Gasteiger partial charge in [0.25, 0.3) is 0 Å². The third kappa shape index (κ3) is 2.77. The Labute approximate surface area is 127 Å². The summed E-state index contributed by atoms with van der Waals surface area (Å²) in [4.78, 5) is 2.25. The van der Waals surface area contributed by atoms with E-state index in [0.717, 1.165) is 43.0 Å². The van der Waals surface area contributed by atoms with Crippen molar-refractivity contribution in [1.82, 2.24) is 10.2 Å². The van der Waals surface area contributed by atoms with Crippen LogP contribution in [0.3, 0.4) is 0 Å². The molecule has 0 aliphatic carbocycles. The molecule has 1 aliphatic heterocycles. The third-order valence-corrected chi connectivity index (χ3v) is 4.40. The predicted octanol–water partition coefficient (Wildman–Crippen LogP) is 3.31. The molecule has 1 aromatic carbocycles. The van der Waals surface area contributed by atoms with Gasteiger partial charge in [-0.15, -0.1) is 0 Å². The van der Waals surface area contributed by atoms with Crippen molar-refractivity contribution in [3.8, 4) is 11.3 Å². The molecule has 1 aliphatic rings. The smallest absolute Gasteiger partial charge is 0.150 e. The van der Waals surface area contributed by atoms with E-state index in [0.29, 0.717) is 16.1 Å². The van der Waals surface area contributed by atoms with Crippen LogP contribution in [0.25, 0.3) is 11.3 Å². The maximum atomic E-state index is 6.04. The number of rotatable bonds is 2. The summed E-state index contributed by atoms with van der Waals surface area (Å²) in [5.74, 6) is 0.956. The molecule has 106 valence electrons. The molecule has 1 aromatic heterocycles. The summed E-state index contributed by atoms with van der Waals surface area (Å²) in [6.45, 7) is 1.90. The largest absolute Gasteiger partial charge is 0.355 e. The van der Waals surface area contributed by atoms with Crippen LogP contribution in [0.2, 0.25) is 10.0 Å². The van der Waals surface area contributed by atoms with Crippen LogP contribution >= 0.6 is 23.2 Å². The number of nitrogens with one attached hydrogen (secondary N) is 1. The van der Waals surface area contributed by atoms with E-state index in [2.05, 4.69) is 15.1 Å². The standard InChI is InChI=1S/C14H16Cl2N4/c15-11-2-1-9(7-12(11)16)13-8-14(19-18-13)20-5-3-10(17)4-6-20/h1-2,7-8,10H,3-6,17H2,(H,18,19). The Kier molecular flexibility index (Phi) is 3.87. The number of H-pyrrole nitrogens is 1. The molecule has 0 amide bonds. The van der Waals surface area contributed by atoms with Gasteiger partial charge < -0.3 is 10.6 Å². The highest BCUT2D eigenvalue weighted by Gasteiger charge is 2.18. The van der Waals surface area contributed by atoms with Gasteiger partial charge in [0, 0.05) is 30.8 Å². The van der Waals surface area contributed by atoms with Crippen LogP contribution in [0.1, 0.15) is 12.8 Å². The fourth-order valence-electron chi connectivity index (χ4n) is 2.41. The highest BCUT2D eigenvalue weighted by Crippen LogP contribution is 2.29. The summed E-state index contributed by atoms with van der Waals surface area (Å²) in [7, 11) is 0. The fourth-order valence-corrected chi connectivity index (χ4v) is 2.71. The quantitative estimate of drug-likeness (QED) is 0.894. The minimum absolute atomic E-state index is 0.319. The van der Waals surface area contributed by atoms with Crippen LogP contribution in [0.5, 0.6) is 0 Å². The molecule has 0 atom stereocenters. The van der Waals surface area contributed by atoms with Crippen LogP contribution in [-0.2, 0) is 0 Å². The highest BCUT2D eigenvalue weighted by atomic mass is 35.5. The first kappa shape index (κ1) is 13.7. The topological polar surface area (TPSA) is 57.9 Å². The minimum atomic E-state index is 0.319. The zero-order chi connectivity index (χ0) is 14.1. The lowest BCUT2D eigenvalue weighted by atomic mass is 10.1. The Morgan fingerprint density at radius 2 is 1.90 bits per heavy atom. The molecular formula is C14H16Cl2N4. The number of anilines is 1. The Morgan fingerprint density at radius 3 is 2.60 bits per heavy atom. The molecule has 0 unspecified atom stereocenters. The molecule has 0 saturated carbocycles. The molecule has 0 spiro atoms. The van der Waals surface area contributed by atoms with Gasteiger partial charge in [-0.05, 0) is 25.0 Å². The van der Waals surface area contributed by atoms with Crippen molar-refractivity contribution in [2.45, 2.75) is 18.9 Å². The van der Waals surface area contributed by atoms with Crippen molar-refractivity contribution in [3.63, 3.8) is 0 Å². The van der Waals surface area contributed by atoms with Crippen molar-refractivity contribution < 1.29 is 0 Å². The summed E-state index contributed by atoms with van der Waals surface area (Å²) < 4.78 is 0. The van der Waals surface area contributed by atoms with Gasteiger partial charge in [0.15, 0.2) is 5.82 Å². The molecule has 3 rings (SSSR count). The molecule has 0 radical (unpaired) electrons. The first-order valence-corrected chi connectivity index (χ1v) is 7.40. The van der Waals surface area contributed by atoms with Gasteiger partial charge in [-0.2, -0.15) is 5.10 Å². The van der Waals surface area contributed by atoms with E-state index in [1.54, 1.807) is 6.07 Å². The number of aromatic nitrogens is 2. The Balaban J connectivity index is 1.81. The van der Waals surface area contributed by atoms with E-state index >= 15 is 0 Å². The van der Waals surface area contributed by atoms with Crippen LogP contribution in [-0.4, -0.2) is 29.3 Å². The van der Waals surface area contributed by atoms with Gasteiger partial charge in [0.1, 0.15) is 0 Å².